The molecular formula is C14H10ClFN2O3. The lowest BCUT2D eigenvalue weighted by atomic mass is 10.3. The third-order valence-electron chi connectivity index (χ3n) is 2.81. The van der Waals surface area contributed by atoms with E-state index in [9.17, 15) is 9.18 Å². The fourth-order valence-electron chi connectivity index (χ4n) is 1.85. The number of hydrogen-bond acceptors (Lipinski definition) is 3. The fraction of sp³-hybridized carbons (Fsp3) is 0.0714. The number of halogens is 2. The number of amides is 2. The zero-order valence-corrected chi connectivity index (χ0v) is 11.4. The molecule has 2 aromatic carbocycles. The van der Waals surface area contributed by atoms with Gasteiger partial charge in [0.05, 0.1) is 10.7 Å². The second-order valence-electron chi connectivity index (χ2n) is 4.27. The molecule has 21 heavy (non-hydrogen) atoms. The SMILES string of the molecule is O=C(Nc1ccc2c(c1)OCO2)Nc1cc(F)ccc1Cl. The first kappa shape index (κ1) is 13.5. The van der Waals surface area contributed by atoms with Crippen molar-refractivity contribution in [1.82, 2.24) is 0 Å². The molecule has 0 aliphatic carbocycles. The highest BCUT2D eigenvalue weighted by Gasteiger charge is 2.14. The topological polar surface area (TPSA) is 59.6 Å². The Morgan fingerprint density at radius 3 is 2.76 bits per heavy atom. The van der Waals surface area contributed by atoms with Crippen LogP contribution in [0.25, 0.3) is 0 Å². The van der Waals surface area contributed by atoms with Crippen LogP contribution >= 0.6 is 11.6 Å². The van der Waals surface area contributed by atoms with Crippen molar-refractivity contribution < 1.29 is 18.7 Å². The van der Waals surface area contributed by atoms with Gasteiger partial charge in [0.2, 0.25) is 6.79 Å². The van der Waals surface area contributed by atoms with Crippen LogP contribution in [0.5, 0.6) is 11.5 Å². The number of rotatable bonds is 2. The Labute approximate surface area is 124 Å². The van der Waals surface area contributed by atoms with Crippen LogP contribution in [0.3, 0.4) is 0 Å². The van der Waals surface area contributed by atoms with Crippen molar-refractivity contribution in [3.05, 3.63) is 47.2 Å². The lowest BCUT2D eigenvalue weighted by Crippen LogP contribution is -2.19. The predicted octanol–water partition coefficient (Wildman–Crippen LogP) is 3.85. The van der Waals surface area contributed by atoms with Gasteiger partial charge in [-0.3, -0.25) is 0 Å². The summed E-state index contributed by atoms with van der Waals surface area (Å²) in [6, 6.07) is 8.17. The molecule has 0 unspecified atom stereocenters. The molecule has 0 radical (unpaired) electrons. The van der Waals surface area contributed by atoms with E-state index in [0.29, 0.717) is 17.2 Å². The number of urea groups is 1. The van der Waals surface area contributed by atoms with E-state index in [2.05, 4.69) is 10.6 Å². The highest BCUT2D eigenvalue weighted by atomic mass is 35.5. The Morgan fingerprint density at radius 1 is 1.10 bits per heavy atom. The number of carbonyl (C=O) groups is 1. The summed E-state index contributed by atoms with van der Waals surface area (Å²) in [4.78, 5) is 11.9. The summed E-state index contributed by atoms with van der Waals surface area (Å²) in [6.45, 7) is 0.157. The molecule has 0 saturated carbocycles. The molecule has 2 aromatic rings. The first-order valence-electron chi connectivity index (χ1n) is 6.04. The van der Waals surface area contributed by atoms with Crippen LogP contribution < -0.4 is 20.1 Å². The van der Waals surface area contributed by atoms with Crippen LogP contribution in [0.15, 0.2) is 36.4 Å². The molecule has 1 heterocycles. The van der Waals surface area contributed by atoms with E-state index in [1.165, 1.54) is 12.1 Å². The monoisotopic (exact) mass is 308 g/mol. The van der Waals surface area contributed by atoms with Gasteiger partial charge in [-0.05, 0) is 30.3 Å². The summed E-state index contributed by atoms with van der Waals surface area (Å²) in [5, 5.41) is 5.32. The lowest BCUT2D eigenvalue weighted by molar-refractivity contribution is 0.174. The maximum Gasteiger partial charge on any atom is 0.323 e. The summed E-state index contributed by atoms with van der Waals surface area (Å²) in [7, 11) is 0. The minimum Gasteiger partial charge on any atom is -0.454 e. The third-order valence-corrected chi connectivity index (χ3v) is 3.14. The second kappa shape index (κ2) is 5.49. The molecule has 1 aliphatic rings. The van der Waals surface area contributed by atoms with Gasteiger partial charge in [-0.1, -0.05) is 11.6 Å². The largest absolute Gasteiger partial charge is 0.454 e. The highest BCUT2D eigenvalue weighted by Crippen LogP contribution is 2.34. The number of nitrogens with one attached hydrogen (secondary N) is 2. The average molecular weight is 309 g/mol. The van der Waals surface area contributed by atoms with E-state index in [-0.39, 0.29) is 17.5 Å². The average Bonchev–Trinajstić information content (AvgIpc) is 2.90. The Morgan fingerprint density at radius 2 is 1.90 bits per heavy atom. The van der Waals surface area contributed by atoms with Crippen LogP contribution in [0.4, 0.5) is 20.6 Å². The van der Waals surface area contributed by atoms with Gasteiger partial charge in [-0.25, -0.2) is 9.18 Å². The van der Waals surface area contributed by atoms with Crippen LogP contribution in [-0.2, 0) is 0 Å². The minimum absolute atomic E-state index is 0.157. The van der Waals surface area contributed by atoms with Crippen molar-refractivity contribution in [3.63, 3.8) is 0 Å². The van der Waals surface area contributed by atoms with E-state index in [1.54, 1.807) is 18.2 Å². The Balaban J connectivity index is 1.70. The molecule has 0 aromatic heterocycles. The van der Waals surface area contributed by atoms with Gasteiger partial charge in [0.15, 0.2) is 11.5 Å². The van der Waals surface area contributed by atoms with Crippen molar-refractivity contribution >= 4 is 29.0 Å². The van der Waals surface area contributed by atoms with Crippen LogP contribution in [0.1, 0.15) is 0 Å². The molecule has 0 bridgehead atoms. The van der Waals surface area contributed by atoms with Crippen molar-refractivity contribution in [2.75, 3.05) is 17.4 Å². The molecule has 0 fully saturated rings. The minimum atomic E-state index is -0.540. The van der Waals surface area contributed by atoms with Crippen molar-refractivity contribution in [2.24, 2.45) is 0 Å². The second-order valence-corrected chi connectivity index (χ2v) is 4.68. The summed E-state index contributed by atoms with van der Waals surface area (Å²) < 4.78 is 23.5. The zero-order chi connectivity index (χ0) is 14.8. The van der Waals surface area contributed by atoms with Crippen molar-refractivity contribution in [3.8, 4) is 11.5 Å². The van der Waals surface area contributed by atoms with E-state index in [4.69, 9.17) is 21.1 Å². The summed E-state index contributed by atoms with van der Waals surface area (Å²) >= 11 is 5.87. The van der Waals surface area contributed by atoms with Crippen LogP contribution in [0.2, 0.25) is 5.02 Å². The van der Waals surface area contributed by atoms with Gasteiger partial charge in [-0.2, -0.15) is 0 Å². The van der Waals surface area contributed by atoms with E-state index in [1.807, 2.05) is 0 Å². The van der Waals surface area contributed by atoms with E-state index in [0.717, 1.165) is 6.07 Å². The van der Waals surface area contributed by atoms with Crippen LogP contribution in [0, 0.1) is 5.82 Å². The number of carbonyl (C=O) groups excluding carboxylic acids is 1. The van der Waals surface area contributed by atoms with E-state index < -0.39 is 11.8 Å². The molecule has 0 saturated heterocycles. The number of anilines is 2. The third kappa shape index (κ3) is 3.00. The lowest BCUT2D eigenvalue weighted by Gasteiger charge is -2.09. The van der Waals surface area contributed by atoms with Crippen molar-refractivity contribution in [1.29, 1.82) is 0 Å². The van der Waals surface area contributed by atoms with Gasteiger partial charge in [0, 0.05) is 11.8 Å². The quantitative estimate of drug-likeness (QED) is 0.886. The number of fused-ring (bicyclic) bond motifs is 1. The molecular weight excluding hydrogens is 299 g/mol. The fourth-order valence-corrected chi connectivity index (χ4v) is 2.02. The first-order valence-corrected chi connectivity index (χ1v) is 6.42. The number of benzene rings is 2. The van der Waals surface area contributed by atoms with Gasteiger partial charge < -0.3 is 20.1 Å². The Hall–Kier alpha value is -2.47. The zero-order valence-electron chi connectivity index (χ0n) is 10.7. The normalized spacial score (nSPS) is 12.1. The first-order chi connectivity index (χ1) is 10.1. The molecule has 5 nitrogen and oxygen atoms in total. The maximum atomic E-state index is 13.1. The smallest absolute Gasteiger partial charge is 0.323 e. The summed E-state index contributed by atoms with van der Waals surface area (Å²) in [5.41, 5.74) is 0.708. The highest BCUT2D eigenvalue weighted by molar-refractivity contribution is 6.33. The van der Waals surface area contributed by atoms with Gasteiger partial charge >= 0.3 is 6.03 Å². The van der Waals surface area contributed by atoms with Crippen molar-refractivity contribution in [2.45, 2.75) is 0 Å². The van der Waals surface area contributed by atoms with Gasteiger partial charge in [-0.15, -0.1) is 0 Å². The molecule has 0 spiro atoms. The Kier molecular flexibility index (Phi) is 3.53. The van der Waals surface area contributed by atoms with E-state index >= 15 is 0 Å². The van der Waals surface area contributed by atoms with Crippen LogP contribution in [-0.4, -0.2) is 12.8 Å². The molecule has 7 heteroatoms. The molecule has 3 rings (SSSR count). The summed E-state index contributed by atoms with van der Waals surface area (Å²) in [5.74, 6) is 0.684. The number of ether oxygens (including phenoxy) is 2. The Bertz CT molecular complexity index is 709. The molecule has 2 amide bonds. The molecule has 2 N–H and O–H groups in total. The maximum absolute atomic E-state index is 13.1. The van der Waals surface area contributed by atoms with Gasteiger partial charge in [0.25, 0.3) is 0 Å². The molecule has 108 valence electrons. The standard InChI is InChI=1S/C14H10ClFN2O3/c15-10-3-1-8(16)5-11(10)18-14(19)17-9-2-4-12-13(6-9)21-7-20-12/h1-6H,7H2,(H2,17,18,19). The van der Waals surface area contributed by atoms with Gasteiger partial charge in [0.1, 0.15) is 5.82 Å². The molecule has 0 atom stereocenters. The summed E-state index contributed by atoms with van der Waals surface area (Å²) in [6.07, 6.45) is 0. The molecule has 1 aliphatic heterocycles. The number of hydrogen-bond donors (Lipinski definition) is 2. The predicted molar refractivity (Wildman–Crippen MR) is 76.6 cm³/mol.